The van der Waals surface area contributed by atoms with Crippen molar-refractivity contribution in [2.45, 2.75) is 11.4 Å². The van der Waals surface area contributed by atoms with Crippen LogP contribution in [-0.2, 0) is 11.3 Å². The maximum Gasteiger partial charge on any atom is 0.230 e. The molecule has 0 saturated carbocycles. The van der Waals surface area contributed by atoms with Gasteiger partial charge in [-0.2, -0.15) is 0 Å². The molecule has 0 atom stereocenters. The molecule has 3 N–H and O–H groups in total. The van der Waals surface area contributed by atoms with Gasteiger partial charge in [-0.05, 0) is 23.8 Å². The van der Waals surface area contributed by atoms with Crippen LogP contribution in [0.2, 0.25) is 0 Å². The molecule has 2 rings (SSSR count). The first kappa shape index (κ1) is 14.4. The van der Waals surface area contributed by atoms with E-state index in [2.05, 4.69) is 5.32 Å². The van der Waals surface area contributed by atoms with E-state index in [9.17, 15) is 9.18 Å². The van der Waals surface area contributed by atoms with Crippen LogP contribution in [0.1, 0.15) is 5.56 Å². The molecule has 0 bridgehead atoms. The normalized spacial score (nSPS) is 10.2. The molecule has 0 radical (unpaired) electrons. The maximum atomic E-state index is 12.9. The van der Waals surface area contributed by atoms with Gasteiger partial charge in [-0.25, -0.2) is 4.39 Å². The quantitative estimate of drug-likeness (QED) is 0.657. The number of carbonyl (C=O) groups is 1. The number of hydrogen-bond acceptors (Lipinski definition) is 3. The van der Waals surface area contributed by atoms with Crippen LogP contribution in [0.4, 0.5) is 10.1 Å². The summed E-state index contributed by atoms with van der Waals surface area (Å²) in [6.07, 6.45) is 0. The predicted octanol–water partition coefficient (Wildman–Crippen LogP) is 2.82. The second-order valence-corrected chi connectivity index (χ2v) is 5.25. The third-order valence-electron chi connectivity index (χ3n) is 2.66. The molecule has 0 aliphatic carbocycles. The molecule has 1 amide bonds. The summed E-state index contributed by atoms with van der Waals surface area (Å²) in [6, 6.07) is 13.9. The number of benzene rings is 2. The molecule has 3 nitrogen and oxygen atoms in total. The van der Waals surface area contributed by atoms with Crippen molar-refractivity contribution in [3.8, 4) is 0 Å². The predicted molar refractivity (Wildman–Crippen MR) is 79.8 cm³/mol. The van der Waals surface area contributed by atoms with Crippen LogP contribution in [-0.4, -0.2) is 11.7 Å². The summed E-state index contributed by atoms with van der Waals surface area (Å²) >= 11 is 1.30. The second kappa shape index (κ2) is 6.96. The number of amides is 1. The lowest BCUT2D eigenvalue weighted by Crippen LogP contribution is -2.24. The summed E-state index contributed by atoms with van der Waals surface area (Å²) in [7, 11) is 0. The Morgan fingerprint density at radius 3 is 2.65 bits per heavy atom. The second-order valence-electron chi connectivity index (χ2n) is 4.23. The Balaban J connectivity index is 1.80. The van der Waals surface area contributed by atoms with Crippen molar-refractivity contribution >= 4 is 23.4 Å². The zero-order valence-corrected chi connectivity index (χ0v) is 11.6. The third kappa shape index (κ3) is 4.28. The zero-order chi connectivity index (χ0) is 14.4. The lowest BCUT2D eigenvalue weighted by Gasteiger charge is -2.07. The van der Waals surface area contributed by atoms with Crippen LogP contribution < -0.4 is 11.1 Å². The number of nitrogen functional groups attached to an aromatic ring is 1. The van der Waals surface area contributed by atoms with Gasteiger partial charge in [0.15, 0.2) is 0 Å². The third-order valence-corrected chi connectivity index (χ3v) is 3.75. The van der Waals surface area contributed by atoms with E-state index in [1.165, 1.54) is 23.9 Å². The number of hydrogen-bond donors (Lipinski definition) is 2. The maximum absolute atomic E-state index is 12.9. The Labute approximate surface area is 121 Å². The summed E-state index contributed by atoms with van der Waals surface area (Å²) in [6.45, 7) is 0.499. The highest BCUT2D eigenvalue weighted by atomic mass is 32.2. The van der Waals surface area contributed by atoms with Gasteiger partial charge in [0.1, 0.15) is 5.82 Å². The Morgan fingerprint density at radius 2 is 1.95 bits per heavy atom. The van der Waals surface area contributed by atoms with Gasteiger partial charge in [-0.1, -0.05) is 30.3 Å². The van der Waals surface area contributed by atoms with Gasteiger partial charge in [0, 0.05) is 17.1 Å². The summed E-state index contributed by atoms with van der Waals surface area (Å²) in [4.78, 5) is 12.4. The van der Waals surface area contributed by atoms with Crippen molar-refractivity contribution in [2.24, 2.45) is 0 Å². The first-order valence-corrected chi connectivity index (χ1v) is 7.12. The largest absolute Gasteiger partial charge is 0.398 e. The first-order chi connectivity index (χ1) is 9.65. The van der Waals surface area contributed by atoms with E-state index in [4.69, 9.17) is 5.73 Å². The number of nitrogens with two attached hydrogens (primary N) is 1. The molecule has 0 fully saturated rings. The molecular formula is C15H15FN2OS. The van der Waals surface area contributed by atoms with Gasteiger partial charge < -0.3 is 11.1 Å². The highest BCUT2D eigenvalue weighted by Crippen LogP contribution is 2.25. The Morgan fingerprint density at radius 1 is 1.20 bits per heavy atom. The molecule has 2 aromatic carbocycles. The molecule has 0 aliphatic heterocycles. The van der Waals surface area contributed by atoms with Gasteiger partial charge in [0.05, 0.1) is 5.75 Å². The molecular weight excluding hydrogens is 275 g/mol. The van der Waals surface area contributed by atoms with Crippen molar-refractivity contribution in [1.29, 1.82) is 0 Å². The number of nitrogens with one attached hydrogen (secondary N) is 1. The number of anilines is 1. The monoisotopic (exact) mass is 290 g/mol. The zero-order valence-electron chi connectivity index (χ0n) is 10.8. The summed E-state index contributed by atoms with van der Waals surface area (Å²) < 4.78 is 12.9. The van der Waals surface area contributed by atoms with Gasteiger partial charge in [-0.15, -0.1) is 11.8 Å². The van der Waals surface area contributed by atoms with Crippen molar-refractivity contribution in [2.75, 3.05) is 11.5 Å². The van der Waals surface area contributed by atoms with Crippen LogP contribution >= 0.6 is 11.8 Å². The van der Waals surface area contributed by atoms with Gasteiger partial charge in [0.25, 0.3) is 0 Å². The summed E-state index contributed by atoms with van der Waals surface area (Å²) in [5.74, 6) is -0.203. The minimum atomic E-state index is -0.375. The molecule has 5 heteroatoms. The molecule has 0 saturated heterocycles. The molecule has 0 aliphatic rings. The molecule has 0 spiro atoms. The van der Waals surface area contributed by atoms with Crippen molar-refractivity contribution < 1.29 is 9.18 Å². The minimum absolute atomic E-state index is 0.0809. The topological polar surface area (TPSA) is 55.1 Å². The fraction of sp³-hybridized carbons (Fsp3) is 0.133. The number of halogens is 1. The van der Waals surface area contributed by atoms with Crippen molar-refractivity contribution in [1.82, 2.24) is 5.32 Å². The van der Waals surface area contributed by atoms with E-state index >= 15 is 0 Å². The standard InChI is InChI=1S/C15H15FN2OS/c16-12-6-7-14(13(17)8-12)20-10-15(19)18-9-11-4-2-1-3-5-11/h1-8H,9-10,17H2,(H,18,19). The fourth-order valence-corrected chi connectivity index (χ4v) is 2.42. The average Bonchev–Trinajstić information content (AvgIpc) is 2.45. The molecule has 104 valence electrons. The average molecular weight is 290 g/mol. The molecule has 20 heavy (non-hydrogen) atoms. The van der Waals surface area contributed by atoms with Gasteiger partial charge >= 0.3 is 0 Å². The minimum Gasteiger partial charge on any atom is -0.398 e. The first-order valence-electron chi connectivity index (χ1n) is 6.13. The highest BCUT2D eigenvalue weighted by molar-refractivity contribution is 8.00. The van der Waals surface area contributed by atoms with E-state index in [0.717, 1.165) is 5.56 Å². The summed E-state index contributed by atoms with van der Waals surface area (Å²) in [5.41, 5.74) is 7.08. The lowest BCUT2D eigenvalue weighted by atomic mass is 10.2. The smallest absolute Gasteiger partial charge is 0.230 e. The van der Waals surface area contributed by atoms with Crippen molar-refractivity contribution in [3.63, 3.8) is 0 Å². The Bertz CT molecular complexity index is 590. The van der Waals surface area contributed by atoms with Crippen molar-refractivity contribution in [3.05, 3.63) is 59.9 Å². The highest BCUT2D eigenvalue weighted by Gasteiger charge is 2.06. The van der Waals surface area contributed by atoms with Gasteiger partial charge in [0.2, 0.25) is 5.91 Å². The van der Waals surface area contributed by atoms with E-state index in [1.54, 1.807) is 6.07 Å². The fourth-order valence-electron chi connectivity index (χ4n) is 1.64. The molecule has 0 heterocycles. The van der Waals surface area contributed by atoms with Crippen LogP contribution in [0, 0.1) is 5.82 Å². The number of thioether (sulfide) groups is 1. The molecule has 2 aromatic rings. The lowest BCUT2D eigenvalue weighted by molar-refractivity contribution is -0.118. The van der Waals surface area contributed by atoms with Gasteiger partial charge in [-0.3, -0.25) is 4.79 Å². The molecule has 0 aromatic heterocycles. The Kier molecular flexibility index (Phi) is 5.01. The summed E-state index contributed by atoms with van der Waals surface area (Å²) in [5, 5.41) is 2.83. The number of carbonyl (C=O) groups excluding carboxylic acids is 1. The van der Waals surface area contributed by atoms with Crippen LogP contribution in [0.3, 0.4) is 0 Å². The van der Waals surface area contributed by atoms with E-state index in [-0.39, 0.29) is 17.5 Å². The Hall–Kier alpha value is -2.01. The SMILES string of the molecule is Nc1cc(F)ccc1SCC(=O)NCc1ccccc1. The molecule has 0 unspecified atom stereocenters. The van der Waals surface area contributed by atoms with E-state index in [1.807, 2.05) is 30.3 Å². The van der Waals surface area contributed by atoms with Crippen LogP contribution in [0.15, 0.2) is 53.4 Å². The van der Waals surface area contributed by atoms with Crippen LogP contribution in [0.5, 0.6) is 0 Å². The van der Waals surface area contributed by atoms with E-state index in [0.29, 0.717) is 17.1 Å². The number of rotatable bonds is 5. The van der Waals surface area contributed by atoms with E-state index < -0.39 is 0 Å². The van der Waals surface area contributed by atoms with Crippen LogP contribution in [0.25, 0.3) is 0 Å².